The third kappa shape index (κ3) is 4.84. The van der Waals surface area contributed by atoms with Crippen LogP contribution in [-0.4, -0.2) is 35.2 Å². The Labute approximate surface area is 144 Å². The number of benzene rings is 1. The zero-order valence-electron chi connectivity index (χ0n) is 13.1. The summed E-state index contributed by atoms with van der Waals surface area (Å²) in [5.41, 5.74) is 0.653. The molecule has 1 aromatic carbocycles. The molecule has 0 radical (unpaired) electrons. The SMILES string of the molecule is CCN(CC(=O)NC(C)C)c1nc(-c2cc(Cl)cc(Cl)c2)no1. The number of likely N-dealkylation sites (N-methyl/N-ethyl adjacent to an activating group) is 1. The van der Waals surface area contributed by atoms with Crippen molar-refractivity contribution in [2.24, 2.45) is 0 Å². The van der Waals surface area contributed by atoms with E-state index in [1.807, 2.05) is 20.8 Å². The van der Waals surface area contributed by atoms with E-state index in [-0.39, 0.29) is 24.5 Å². The van der Waals surface area contributed by atoms with Gasteiger partial charge in [0, 0.05) is 28.2 Å². The Hall–Kier alpha value is -1.79. The molecule has 2 rings (SSSR count). The zero-order valence-corrected chi connectivity index (χ0v) is 14.6. The van der Waals surface area contributed by atoms with Gasteiger partial charge < -0.3 is 14.7 Å². The lowest BCUT2D eigenvalue weighted by atomic mass is 10.2. The van der Waals surface area contributed by atoms with Gasteiger partial charge in [-0.1, -0.05) is 28.4 Å². The molecule has 0 fully saturated rings. The van der Waals surface area contributed by atoms with Gasteiger partial charge in [0.2, 0.25) is 11.7 Å². The summed E-state index contributed by atoms with van der Waals surface area (Å²) in [6, 6.07) is 5.38. The lowest BCUT2D eigenvalue weighted by Crippen LogP contribution is -2.40. The number of carbonyl (C=O) groups excluding carboxylic acids is 1. The molecule has 8 heteroatoms. The first-order valence-electron chi connectivity index (χ1n) is 7.23. The van der Waals surface area contributed by atoms with Crippen LogP contribution in [0.3, 0.4) is 0 Å². The van der Waals surface area contributed by atoms with Crippen molar-refractivity contribution in [1.29, 1.82) is 0 Å². The summed E-state index contributed by atoms with van der Waals surface area (Å²) in [6.45, 7) is 6.42. The monoisotopic (exact) mass is 356 g/mol. The van der Waals surface area contributed by atoms with E-state index >= 15 is 0 Å². The Morgan fingerprint density at radius 1 is 1.30 bits per heavy atom. The molecular formula is C15H18Cl2N4O2. The van der Waals surface area contributed by atoms with E-state index in [0.29, 0.717) is 28.0 Å². The largest absolute Gasteiger partial charge is 0.352 e. The lowest BCUT2D eigenvalue weighted by molar-refractivity contribution is -0.120. The molecule has 1 amide bonds. The highest BCUT2D eigenvalue weighted by Gasteiger charge is 2.18. The Morgan fingerprint density at radius 2 is 1.96 bits per heavy atom. The van der Waals surface area contributed by atoms with Crippen molar-refractivity contribution in [1.82, 2.24) is 15.5 Å². The molecule has 0 aliphatic carbocycles. The summed E-state index contributed by atoms with van der Waals surface area (Å²) in [7, 11) is 0. The van der Waals surface area contributed by atoms with Gasteiger partial charge in [-0.25, -0.2) is 0 Å². The molecule has 0 aliphatic heterocycles. The van der Waals surface area contributed by atoms with Crippen molar-refractivity contribution < 1.29 is 9.32 Å². The van der Waals surface area contributed by atoms with Gasteiger partial charge >= 0.3 is 6.01 Å². The Kier molecular flexibility index (Phi) is 5.85. The fourth-order valence-corrected chi connectivity index (χ4v) is 2.53. The summed E-state index contributed by atoms with van der Waals surface area (Å²) in [5.74, 6) is 0.263. The maximum Gasteiger partial charge on any atom is 0.324 e. The molecule has 1 N–H and O–H groups in total. The second-order valence-electron chi connectivity index (χ2n) is 5.30. The minimum Gasteiger partial charge on any atom is -0.352 e. The second-order valence-corrected chi connectivity index (χ2v) is 6.17. The van der Waals surface area contributed by atoms with Crippen molar-refractivity contribution in [3.63, 3.8) is 0 Å². The Morgan fingerprint density at radius 3 is 2.52 bits per heavy atom. The van der Waals surface area contributed by atoms with Crippen molar-refractivity contribution in [3.05, 3.63) is 28.2 Å². The number of hydrogen-bond acceptors (Lipinski definition) is 5. The minimum absolute atomic E-state index is 0.0769. The van der Waals surface area contributed by atoms with Crippen LogP contribution in [-0.2, 0) is 4.79 Å². The van der Waals surface area contributed by atoms with E-state index in [1.165, 1.54) is 0 Å². The van der Waals surface area contributed by atoms with Crippen LogP contribution in [0.2, 0.25) is 10.0 Å². The average Bonchev–Trinajstić information content (AvgIpc) is 2.92. The number of hydrogen-bond donors (Lipinski definition) is 1. The predicted octanol–water partition coefficient (Wildman–Crippen LogP) is 3.39. The highest BCUT2D eigenvalue weighted by Crippen LogP contribution is 2.26. The normalized spacial score (nSPS) is 10.9. The molecule has 124 valence electrons. The lowest BCUT2D eigenvalue weighted by Gasteiger charge is -2.18. The molecule has 0 saturated heterocycles. The van der Waals surface area contributed by atoms with E-state index in [1.54, 1.807) is 23.1 Å². The van der Waals surface area contributed by atoms with Crippen LogP contribution in [0, 0.1) is 0 Å². The standard InChI is InChI=1S/C15H18Cl2N4O2/c1-4-21(8-13(22)18-9(2)3)15-19-14(20-23-15)10-5-11(16)7-12(17)6-10/h5-7,9H,4,8H2,1-3H3,(H,18,22). The minimum atomic E-state index is -0.104. The van der Waals surface area contributed by atoms with Crippen LogP contribution in [0.1, 0.15) is 20.8 Å². The average molecular weight is 357 g/mol. The van der Waals surface area contributed by atoms with Crippen molar-refractivity contribution in [3.8, 4) is 11.4 Å². The quantitative estimate of drug-likeness (QED) is 0.858. The first-order chi connectivity index (χ1) is 10.9. The number of halogens is 2. The van der Waals surface area contributed by atoms with E-state index in [9.17, 15) is 4.79 Å². The van der Waals surface area contributed by atoms with Crippen molar-refractivity contribution in [2.75, 3.05) is 18.0 Å². The molecule has 1 aromatic heterocycles. The van der Waals surface area contributed by atoms with E-state index in [4.69, 9.17) is 27.7 Å². The molecule has 6 nitrogen and oxygen atoms in total. The first-order valence-corrected chi connectivity index (χ1v) is 7.99. The highest BCUT2D eigenvalue weighted by atomic mass is 35.5. The molecular weight excluding hydrogens is 339 g/mol. The predicted molar refractivity (Wildman–Crippen MR) is 90.9 cm³/mol. The summed E-state index contributed by atoms with van der Waals surface area (Å²) in [4.78, 5) is 17.9. The second kappa shape index (κ2) is 7.66. The van der Waals surface area contributed by atoms with Gasteiger partial charge in [0.15, 0.2) is 0 Å². The third-order valence-corrected chi connectivity index (χ3v) is 3.41. The van der Waals surface area contributed by atoms with Gasteiger partial charge in [-0.05, 0) is 39.0 Å². The maximum atomic E-state index is 11.9. The van der Waals surface area contributed by atoms with Crippen LogP contribution >= 0.6 is 23.2 Å². The summed E-state index contributed by atoms with van der Waals surface area (Å²) >= 11 is 12.0. The van der Waals surface area contributed by atoms with Crippen molar-refractivity contribution in [2.45, 2.75) is 26.8 Å². The molecule has 0 unspecified atom stereocenters. The van der Waals surface area contributed by atoms with Gasteiger partial charge in [0.05, 0.1) is 0 Å². The number of carbonyl (C=O) groups is 1. The molecule has 23 heavy (non-hydrogen) atoms. The third-order valence-electron chi connectivity index (χ3n) is 2.97. The van der Waals surface area contributed by atoms with E-state index < -0.39 is 0 Å². The van der Waals surface area contributed by atoms with E-state index in [2.05, 4.69) is 15.5 Å². The molecule has 0 spiro atoms. The van der Waals surface area contributed by atoms with E-state index in [0.717, 1.165) is 0 Å². The zero-order chi connectivity index (χ0) is 17.0. The maximum absolute atomic E-state index is 11.9. The fourth-order valence-electron chi connectivity index (χ4n) is 2.00. The highest BCUT2D eigenvalue weighted by molar-refractivity contribution is 6.35. The summed E-state index contributed by atoms with van der Waals surface area (Å²) in [5, 5.41) is 7.73. The molecule has 0 aliphatic rings. The first kappa shape index (κ1) is 17.6. The Balaban J connectivity index is 2.17. The molecule has 2 aromatic rings. The fraction of sp³-hybridized carbons (Fsp3) is 0.400. The number of anilines is 1. The van der Waals surface area contributed by atoms with Gasteiger partial charge in [-0.3, -0.25) is 4.79 Å². The number of aromatic nitrogens is 2. The topological polar surface area (TPSA) is 71.3 Å². The number of nitrogens with zero attached hydrogens (tertiary/aromatic N) is 3. The van der Waals surface area contributed by atoms with Crippen LogP contribution < -0.4 is 10.2 Å². The number of amides is 1. The molecule has 1 heterocycles. The van der Waals surface area contributed by atoms with Gasteiger partial charge in [-0.15, -0.1) is 0 Å². The Bertz CT molecular complexity index is 668. The van der Waals surface area contributed by atoms with Gasteiger partial charge in [0.1, 0.15) is 6.54 Å². The number of rotatable bonds is 6. The smallest absolute Gasteiger partial charge is 0.324 e. The summed E-state index contributed by atoms with van der Waals surface area (Å²) in [6.07, 6.45) is 0. The molecule has 0 saturated carbocycles. The van der Waals surface area contributed by atoms with Crippen LogP contribution in [0.15, 0.2) is 22.7 Å². The van der Waals surface area contributed by atoms with Crippen LogP contribution in [0.5, 0.6) is 0 Å². The number of nitrogens with one attached hydrogen (secondary N) is 1. The van der Waals surface area contributed by atoms with Gasteiger partial charge in [-0.2, -0.15) is 4.98 Å². The van der Waals surface area contributed by atoms with Gasteiger partial charge in [0.25, 0.3) is 0 Å². The van der Waals surface area contributed by atoms with Crippen molar-refractivity contribution >= 4 is 35.1 Å². The molecule has 0 atom stereocenters. The molecule has 0 bridgehead atoms. The van der Waals surface area contributed by atoms with Crippen LogP contribution in [0.4, 0.5) is 6.01 Å². The summed E-state index contributed by atoms with van der Waals surface area (Å²) < 4.78 is 5.26. The van der Waals surface area contributed by atoms with Crippen LogP contribution in [0.25, 0.3) is 11.4 Å².